The fraction of sp³-hybridized carbons (Fsp3) is 0.0625. The van der Waals surface area contributed by atoms with Crippen molar-refractivity contribution in [2.24, 2.45) is 5.84 Å². The second-order valence-electron chi connectivity index (χ2n) is 4.70. The standard InChI is InChI=1S/C16H13BrFN3/c17-13-5-1-4-12(15(13)18)16(21-19)11-7-6-10-3-2-8-20-14(10)9-11/h1-9,16,21H,19H2. The molecule has 1 atom stereocenters. The lowest BCUT2D eigenvalue weighted by atomic mass is 9.97. The van der Waals surface area contributed by atoms with Crippen molar-refractivity contribution in [2.45, 2.75) is 6.04 Å². The van der Waals surface area contributed by atoms with Crippen molar-refractivity contribution in [3.8, 4) is 0 Å². The van der Waals surface area contributed by atoms with Crippen molar-refractivity contribution < 1.29 is 4.39 Å². The van der Waals surface area contributed by atoms with Crippen LogP contribution in [0, 0.1) is 5.82 Å². The van der Waals surface area contributed by atoms with Gasteiger partial charge in [0.1, 0.15) is 5.82 Å². The molecule has 1 aromatic heterocycles. The summed E-state index contributed by atoms with van der Waals surface area (Å²) in [5, 5.41) is 1.03. The molecule has 1 unspecified atom stereocenters. The van der Waals surface area contributed by atoms with Crippen molar-refractivity contribution in [2.75, 3.05) is 0 Å². The van der Waals surface area contributed by atoms with Crippen molar-refractivity contribution in [1.82, 2.24) is 10.4 Å². The van der Waals surface area contributed by atoms with Gasteiger partial charge < -0.3 is 0 Å². The molecule has 0 fully saturated rings. The molecule has 0 aliphatic rings. The number of rotatable bonds is 3. The van der Waals surface area contributed by atoms with Gasteiger partial charge in [-0.2, -0.15) is 0 Å². The summed E-state index contributed by atoms with van der Waals surface area (Å²) in [7, 11) is 0. The van der Waals surface area contributed by atoms with Crippen molar-refractivity contribution in [3.63, 3.8) is 0 Å². The van der Waals surface area contributed by atoms with Gasteiger partial charge in [-0.25, -0.2) is 9.82 Å². The summed E-state index contributed by atoms with van der Waals surface area (Å²) in [6.07, 6.45) is 1.73. The third-order valence-corrected chi connectivity index (χ3v) is 4.03. The molecule has 2 aromatic carbocycles. The molecule has 0 radical (unpaired) electrons. The average molecular weight is 346 g/mol. The van der Waals surface area contributed by atoms with Gasteiger partial charge in [-0.05, 0) is 39.7 Å². The quantitative estimate of drug-likeness (QED) is 0.562. The Morgan fingerprint density at radius 3 is 2.81 bits per heavy atom. The zero-order valence-electron chi connectivity index (χ0n) is 11.1. The van der Waals surface area contributed by atoms with Crippen LogP contribution >= 0.6 is 15.9 Å². The summed E-state index contributed by atoms with van der Waals surface area (Å²) in [5.74, 6) is 5.33. The number of nitrogens with two attached hydrogens (primary N) is 1. The molecule has 21 heavy (non-hydrogen) atoms. The lowest BCUT2D eigenvalue weighted by molar-refractivity contribution is 0.556. The summed E-state index contributed by atoms with van der Waals surface area (Å²) in [6, 6.07) is 14.4. The minimum atomic E-state index is -0.436. The molecule has 106 valence electrons. The van der Waals surface area contributed by atoms with Crippen LogP contribution in [0.15, 0.2) is 59.2 Å². The second kappa shape index (κ2) is 5.89. The molecule has 0 aliphatic carbocycles. The smallest absolute Gasteiger partial charge is 0.142 e. The number of hydrogen-bond donors (Lipinski definition) is 2. The van der Waals surface area contributed by atoms with E-state index in [1.807, 2.05) is 30.3 Å². The van der Waals surface area contributed by atoms with Gasteiger partial charge >= 0.3 is 0 Å². The van der Waals surface area contributed by atoms with Crippen molar-refractivity contribution >= 4 is 26.8 Å². The van der Waals surface area contributed by atoms with Gasteiger partial charge in [0.25, 0.3) is 0 Å². The van der Waals surface area contributed by atoms with Gasteiger partial charge in [-0.3, -0.25) is 10.8 Å². The number of nitrogens with one attached hydrogen (secondary N) is 1. The number of halogens is 2. The first-order valence-electron chi connectivity index (χ1n) is 6.45. The van der Waals surface area contributed by atoms with Gasteiger partial charge in [0.05, 0.1) is 16.0 Å². The molecular weight excluding hydrogens is 333 g/mol. The van der Waals surface area contributed by atoms with Crippen LogP contribution in [0.5, 0.6) is 0 Å². The van der Waals surface area contributed by atoms with Crippen molar-refractivity contribution in [1.29, 1.82) is 0 Å². The minimum Gasteiger partial charge on any atom is -0.271 e. The Morgan fingerprint density at radius 2 is 2.00 bits per heavy atom. The molecule has 5 heteroatoms. The van der Waals surface area contributed by atoms with Crippen LogP contribution in [0.2, 0.25) is 0 Å². The molecular formula is C16H13BrFN3. The topological polar surface area (TPSA) is 50.9 Å². The number of nitrogens with zero attached hydrogens (tertiary/aromatic N) is 1. The lowest BCUT2D eigenvalue weighted by Gasteiger charge is -2.18. The van der Waals surface area contributed by atoms with Crippen LogP contribution in [0.25, 0.3) is 10.9 Å². The van der Waals surface area contributed by atoms with E-state index >= 15 is 0 Å². The Kier molecular flexibility index (Phi) is 3.96. The number of fused-ring (bicyclic) bond motifs is 1. The fourth-order valence-corrected chi connectivity index (χ4v) is 2.75. The van der Waals surface area contributed by atoms with Crippen LogP contribution in [0.4, 0.5) is 4.39 Å². The molecule has 3 N–H and O–H groups in total. The predicted molar refractivity (Wildman–Crippen MR) is 85.0 cm³/mol. The Labute approximate surface area is 130 Å². The molecule has 3 rings (SSSR count). The summed E-state index contributed by atoms with van der Waals surface area (Å²) in [6.45, 7) is 0. The van der Waals surface area contributed by atoms with Gasteiger partial charge in [-0.15, -0.1) is 0 Å². The number of hydrazine groups is 1. The van der Waals surface area contributed by atoms with Crippen LogP contribution in [-0.2, 0) is 0 Å². The monoisotopic (exact) mass is 345 g/mol. The molecule has 1 heterocycles. The van der Waals surface area contributed by atoms with Gasteiger partial charge in [0.15, 0.2) is 0 Å². The number of benzene rings is 2. The minimum absolute atomic E-state index is 0.318. The van der Waals surface area contributed by atoms with E-state index in [0.29, 0.717) is 10.0 Å². The first kappa shape index (κ1) is 14.1. The highest BCUT2D eigenvalue weighted by atomic mass is 79.9. The maximum absolute atomic E-state index is 14.3. The third-order valence-electron chi connectivity index (χ3n) is 3.42. The van der Waals surface area contributed by atoms with Crippen molar-refractivity contribution in [3.05, 3.63) is 76.1 Å². The third kappa shape index (κ3) is 2.68. The summed E-state index contributed by atoms with van der Waals surface area (Å²) in [5.41, 5.74) is 4.88. The van der Waals surface area contributed by atoms with Gasteiger partial charge in [0.2, 0.25) is 0 Å². The van der Waals surface area contributed by atoms with E-state index in [1.165, 1.54) is 0 Å². The summed E-state index contributed by atoms with van der Waals surface area (Å²) >= 11 is 3.20. The highest BCUT2D eigenvalue weighted by molar-refractivity contribution is 9.10. The van der Waals surface area contributed by atoms with E-state index in [-0.39, 0.29) is 5.82 Å². The van der Waals surface area contributed by atoms with Crippen LogP contribution in [-0.4, -0.2) is 4.98 Å². The number of pyridine rings is 1. The number of aromatic nitrogens is 1. The van der Waals surface area contributed by atoms with Crippen LogP contribution in [0.1, 0.15) is 17.2 Å². The average Bonchev–Trinajstić information content (AvgIpc) is 2.52. The maximum atomic E-state index is 14.3. The SMILES string of the molecule is NNC(c1ccc2cccnc2c1)c1cccc(Br)c1F. The van der Waals surface area contributed by atoms with Crippen LogP contribution in [0.3, 0.4) is 0 Å². The predicted octanol–water partition coefficient (Wildman–Crippen LogP) is 3.69. The van der Waals surface area contributed by atoms with Gasteiger partial charge in [0, 0.05) is 17.1 Å². The Morgan fingerprint density at radius 1 is 1.14 bits per heavy atom. The van der Waals surface area contributed by atoms with E-state index in [9.17, 15) is 4.39 Å². The van der Waals surface area contributed by atoms with E-state index < -0.39 is 6.04 Å². The normalized spacial score (nSPS) is 12.5. The lowest BCUT2D eigenvalue weighted by Crippen LogP contribution is -2.29. The fourth-order valence-electron chi connectivity index (χ4n) is 2.37. The second-order valence-corrected chi connectivity index (χ2v) is 5.55. The number of hydrogen-bond acceptors (Lipinski definition) is 3. The Bertz CT molecular complexity index is 791. The molecule has 0 spiro atoms. The Hall–Kier alpha value is -1.82. The van der Waals surface area contributed by atoms with Crippen LogP contribution < -0.4 is 11.3 Å². The summed E-state index contributed by atoms with van der Waals surface area (Å²) < 4.78 is 14.7. The first-order chi connectivity index (χ1) is 10.2. The highest BCUT2D eigenvalue weighted by Gasteiger charge is 2.18. The van der Waals surface area contributed by atoms with Gasteiger partial charge in [-0.1, -0.05) is 30.3 Å². The first-order valence-corrected chi connectivity index (χ1v) is 7.24. The van der Waals surface area contributed by atoms with E-state index in [4.69, 9.17) is 5.84 Å². The zero-order chi connectivity index (χ0) is 14.8. The molecule has 0 amide bonds. The van der Waals surface area contributed by atoms with E-state index in [0.717, 1.165) is 16.5 Å². The maximum Gasteiger partial charge on any atom is 0.142 e. The molecule has 0 bridgehead atoms. The molecule has 3 nitrogen and oxygen atoms in total. The largest absolute Gasteiger partial charge is 0.271 e. The molecule has 0 saturated carbocycles. The molecule has 3 aromatic rings. The molecule has 0 saturated heterocycles. The van der Waals surface area contributed by atoms with E-state index in [2.05, 4.69) is 26.3 Å². The highest BCUT2D eigenvalue weighted by Crippen LogP contribution is 2.29. The summed E-state index contributed by atoms with van der Waals surface area (Å²) in [4.78, 5) is 4.32. The van der Waals surface area contributed by atoms with E-state index in [1.54, 1.807) is 24.4 Å². The Balaban J connectivity index is 2.11. The zero-order valence-corrected chi connectivity index (χ0v) is 12.6. The molecule has 0 aliphatic heterocycles.